The van der Waals surface area contributed by atoms with Crippen LogP contribution in [0.2, 0.25) is 0 Å². The fourth-order valence-electron chi connectivity index (χ4n) is 2.04. The van der Waals surface area contributed by atoms with Crippen molar-refractivity contribution in [2.45, 2.75) is 17.8 Å². The predicted molar refractivity (Wildman–Crippen MR) is 82.2 cm³/mol. The maximum absolute atomic E-state index is 11.6. The van der Waals surface area contributed by atoms with E-state index < -0.39 is 5.97 Å². The number of nitrogens with zero attached hydrogens (tertiary/aromatic N) is 3. The molecule has 0 aliphatic heterocycles. The Kier molecular flexibility index (Phi) is 4.11. The van der Waals surface area contributed by atoms with Gasteiger partial charge in [-0.25, -0.2) is 9.47 Å². The molecule has 0 unspecified atom stereocenters. The van der Waals surface area contributed by atoms with Crippen molar-refractivity contribution < 1.29 is 18.4 Å². The number of carbonyl (C=O) groups is 1. The molecule has 3 heterocycles. The number of aryl methyl sites for hydroxylation is 1. The third-order valence-electron chi connectivity index (χ3n) is 3.24. The zero-order valence-corrected chi connectivity index (χ0v) is 13.3. The van der Waals surface area contributed by atoms with Gasteiger partial charge >= 0.3 is 5.97 Å². The number of nitrogens with two attached hydrogens (primary N) is 1. The van der Waals surface area contributed by atoms with Gasteiger partial charge < -0.3 is 19.4 Å². The molecule has 0 aliphatic carbocycles. The first-order chi connectivity index (χ1) is 11.1. The van der Waals surface area contributed by atoms with Gasteiger partial charge in [-0.2, -0.15) is 0 Å². The minimum absolute atomic E-state index is 0.175. The zero-order valence-electron chi connectivity index (χ0n) is 12.5. The van der Waals surface area contributed by atoms with Gasteiger partial charge in [-0.3, -0.25) is 0 Å². The molecule has 0 radical (unpaired) electrons. The summed E-state index contributed by atoms with van der Waals surface area (Å²) in [5, 5.41) is 8.67. The van der Waals surface area contributed by atoms with Crippen molar-refractivity contribution in [1.29, 1.82) is 0 Å². The number of hydrogen-bond donors (Lipinski definition) is 1. The molecule has 120 valence electrons. The molecule has 3 aromatic rings. The van der Waals surface area contributed by atoms with E-state index in [1.165, 1.54) is 29.8 Å². The molecule has 23 heavy (non-hydrogen) atoms. The normalized spacial score (nSPS) is 10.9. The summed E-state index contributed by atoms with van der Waals surface area (Å²) in [6.07, 6.45) is 3.01. The Labute approximate surface area is 135 Å². The summed E-state index contributed by atoms with van der Waals surface area (Å²) in [5.41, 5.74) is 1.48. The van der Waals surface area contributed by atoms with Gasteiger partial charge in [0, 0.05) is 11.3 Å². The third kappa shape index (κ3) is 2.82. The van der Waals surface area contributed by atoms with Gasteiger partial charge in [0.2, 0.25) is 10.9 Å². The number of esters is 1. The van der Waals surface area contributed by atoms with Crippen LogP contribution in [-0.2, 0) is 10.5 Å². The molecule has 0 aliphatic rings. The van der Waals surface area contributed by atoms with E-state index in [0.29, 0.717) is 28.1 Å². The molecule has 2 N–H and O–H groups in total. The standard InChI is InChI=1S/C14H14N4O4S/c1-8-10(4-6-21-8)12-16-17-14(18(12)15)23-7-9-3-5-22-11(9)13(19)20-2/h3-6H,7,15H2,1-2H3. The number of methoxy groups -OCH3 is 1. The van der Waals surface area contributed by atoms with E-state index >= 15 is 0 Å². The Bertz CT molecular complexity index is 836. The number of aromatic nitrogens is 3. The van der Waals surface area contributed by atoms with Crippen molar-refractivity contribution in [1.82, 2.24) is 14.9 Å². The second-order valence-corrected chi connectivity index (χ2v) is 5.56. The number of rotatable bonds is 5. The highest BCUT2D eigenvalue weighted by Crippen LogP contribution is 2.27. The maximum atomic E-state index is 11.6. The number of hydrogen-bond acceptors (Lipinski definition) is 8. The van der Waals surface area contributed by atoms with Crippen LogP contribution in [0.1, 0.15) is 21.9 Å². The quantitative estimate of drug-likeness (QED) is 0.430. The Balaban J connectivity index is 1.78. The lowest BCUT2D eigenvalue weighted by atomic mass is 10.2. The van der Waals surface area contributed by atoms with Crippen LogP contribution in [0.5, 0.6) is 0 Å². The maximum Gasteiger partial charge on any atom is 0.374 e. The molecule has 0 atom stereocenters. The third-order valence-corrected chi connectivity index (χ3v) is 4.23. The van der Waals surface area contributed by atoms with Gasteiger partial charge in [0.05, 0.1) is 25.2 Å². The molecule has 0 fully saturated rings. The minimum Gasteiger partial charge on any atom is -0.469 e. The van der Waals surface area contributed by atoms with Crippen LogP contribution in [0.15, 0.2) is 38.6 Å². The predicted octanol–water partition coefficient (Wildman–Crippen LogP) is 2.23. The summed E-state index contributed by atoms with van der Waals surface area (Å²) >= 11 is 1.34. The largest absolute Gasteiger partial charge is 0.469 e. The molecule has 0 bridgehead atoms. The van der Waals surface area contributed by atoms with Crippen molar-refractivity contribution in [2.75, 3.05) is 13.0 Å². The molecule has 9 heteroatoms. The molecule has 0 saturated carbocycles. The Morgan fingerprint density at radius 2 is 2.13 bits per heavy atom. The highest BCUT2D eigenvalue weighted by atomic mass is 32.2. The Hall–Kier alpha value is -2.68. The summed E-state index contributed by atoms with van der Waals surface area (Å²) in [6.45, 7) is 1.82. The van der Waals surface area contributed by atoms with E-state index in [9.17, 15) is 4.79 Å². The number of ether oxygens (including phenoxy) is 1. The van der Waals surface area contributed by atoms with Crippen molar-refractivity contribution in [3.8, 4) is 11.4 Å². The topological polar surface area (TPSA) is 109 Å². The SMILES string of the molecule is COC(=O)c1occc1CSc1nnc(-c2ccoc2C)n1N. The van der Waals surface area contributed by atoms with E-state index in [1.807, 2.05) is 6.92 Å². The summed E-state index contributed by atoms with van der Waals surface area (Å²) in [6, 6.07) is 3.49. The van der Waals surface area contributed by atoms with Crippen LogP contribution in [0, 0.1) is 6.92 Å². The second kappa shape index (κ2) is 6.21. The Morgan fingerprint density at radius 1 is 1.35 bits per heavy atom. The molecule has 3 rings (SSSR count). The highest BCUT2D eigenvalue weighted by Gasteiger charge is 2.19. The lowest BCUT2D eigenvalue weighted by Gasteiger charge is -2.03. The molecule has 8 nitrogen and oxygen atoms in total. The van der Waals surface area contributed by atoms with Gasteiger partial charge in [-0.05, 0) is 19.1 Å². The minimum atomic E-state index is -0.519. The summed E-state index contributed by atoms with van der Waals surface area (Å²) < 4.78 is 16.4. The van der Waals surface area contributed by atoms with Gasteiger partial charge in [0.15, 0.2) is 5.82 Å². The first kappa shape index (κ1) is 15.2. The summed E-state index contributed by atoms with van der Waals surface area (Å²) in [5.74, 6) is 7.37. The summed E-state index contributed by atoms with van der Waals surface area (Å²) in [4.78, 5) is 11.6. The van der Waals surface area contributed by atoms with Crippen LogP contribution < -0.4 is 5.84 Å². The number of furan rings is 2. The number of nitrogen functional groups attached to an aromatic ring is 1. The monoisotopic (exact) mass is 334 g/mol. The fourth-order valence-corrected chi connectivity index (χ4v) is 2.88. The average molecular weight is 334 g/mol. The first-order valence-corrected chi connectivity index (χ1v) is 7.62. The van der Waals surface area contributed by atoms with Gasteiger partial charge in [0.25, 0.3) is 0 Å². The van der Waals surface area contributed by atoms with Crippen LogP contribution in [0.3, 0.4) is 0 Å². The van der Waals surface area contributed by atoms with Gasteiger partial charge in [0.1, 0.15) is 5.76 Å². The van der Waals surface area contributed by atoms with E-state index in [0.717, 1.165) is 5.56 Å². The highest BCUT2D eigenvalue weighted by molar-refractivity contribution is 7.98. The molecular weight excluding hydrogens is 320 g/mol. The molecule has 0 amide bonds. The van der Waals surface area contributed by atoms with Gasteiger partial charge in [-0.15, -0.1) is 10.2 Å². The van der Waals surface area contributed by atoms with Crippen LogP contribution in [0.4, 0.5) is 0 Å². The van der Waals surface area contributed by atoms with Crippen LogP contribution >= 0.6 is 11.8 Å². The smallest absolute Gasteiger partial charge is 0.374 e. The summed E-state index contributed by atoms with van der Waals surface area (Å²) in [7, 11) is 1.30. The lowest BCUT2D eigenvalue weighted by Crippen LogP contribution is -2.11. The van der Waals surface area contributed by atoms with E-state index in [1.54, 1.807) is 18.4 Å². The van der Waals surface area contributed by atoms with Crippen molar-refractivity contribution in [3.63, 3.8) is 0 Å². The Morgan fingerprint density at radius 3 is 2.83 bits per heavy atom. The average Bonchev–Trinajstić information content (AvgIpc) is 3.25. The van der Waals surface area contributed by atoms with Crippen molar-refractivity contribution in [3.05, 3.63) is 41.7 Å². The lowest BCUT2D eigenvalue weighted by molar-refractivity contribution is 0.0564. The van der Waals surface area contributed by atoms with Gasteiger partial charge in [-0.1, -0.05) is 11.8 Å². The van der Waals surface area contributed by atoms with E-state index in [2.05, 4.69) is 14.9 Å². The molecule has 3 aromatic heterocycles. The second-order valence-electron chi connectivity index (χ2n) is 4.62. The van der Waals surface area contributed by atoms with Crippen LogP contribution in [0.25, 0.3) is 11.4 Å². The fraction of sp³-hybridized carbons (Fsp3) is 0.214. The first-order valence-electron chi connectivity index (χ1n) is 6.64. The number of thioether (sulfide) groups is 1. The molecule has 0 saturated heterocycles. The molecular formula is C14H14N4O4S. The number of carbonyl (C=O) groups excluding carboxylic acids is 1. The molecule has 0 aromatic carbocycles. The molecule has 0 spiro atoms. The zero-order chi connectivity index (χ0) is 16.4. The van der Waals surface area contributed by atoms with E-state index in [-0.39, 0.29) is 5.76 Å². The van der Waals surface area contributed by atoms with Crippen LogP contribution in [-0.4, -0.2) is 28.0 Å². The van der Waals surface area contributed by atoms with Crippen molar-refractivity contribution in [2.24, 2.45) is 0 Å². The van der Waals surface area contributed by atoms with E-state index in [4.69, 9.17) is 14.7 Å². The van der Waals surface area contributed by atoms with Crippen molar-refractivity contribution >= 4 is 17.7 Å².